The number of benzene rings is 2. The van der Waals surface area contributed by atoms with Crippen LogP contribution in [0.1, 0.15) is 21.5 Å². The van der Waals surface area contributed by atoms with Crippen molar-refractivity contribution in [2.45, 2.75) is 19.1 Å². The molecule has 3 N–H and O–H groups in total. The Balaban J connectivity index is 1.58. The van der Waals surface area contributed by atoms with Crippen molar-refractivity contribution < 1.29 is 14.0 Å². The molecule has 2 amide bonds. The van der Waals surface area contributed by atoms with Crippen molar-refractivity contribution in [3.63, 3.8) is 0 Å². The lowest BCUT2D eigenvalue weighted by Gasteiger charge is -2.04. The number of rotatable bonds is 6. The molecule has 0 aliphatic carbocycles. The van der Waals surface area contributed by atoms with E-state index >= 15 is 0 Å². The highest BCUT2D eigenvalue weighted by molar-refractivity contribution is 7.99. The first-order valence-corrected chi connectivity index (χ1v) is 9.14. The Bertz CT molecular complexity index is 963. The number of aromatic nitrogens is 2. The quantitative estimate of drug-likeness (QED) is 0.634. The Morgan fingerprint density at radius 3 is 2.37 bits per heavy atom. The first kappa shape index (κ1) is 18.7. The van der Waals surface area contributed by atoms with Crippen molar-refractivity contribution in [1.29, 1.82) is 0 Å². The van der Waals surface area contributed by atoms with Gasteiger partial charge in [0.1, 0.15) is 0 Å². The van der Waals surface area contributed by atoms with Gasteiger partial charge in [0.25, 0.3) is 5.22 Å². The van der Waals surface area contributed by atoms with Crippen LogP contribution >= 0.6 is 11.8 Å². The maximum atomic E-state index is 12.1. The summed E-state index contributed by atoms with van der Waals surface area (Å²) >= 11 is 1.15. The molecule has 0 saturated heterocycles. The van der Waals surface area contributed by atoms with Crippen molar-refractivity contribution in [2.75, 3.05) is 11.1 Å². The molecule has 0 aliphatic rings. The standard InChI is InChI=1S/C19H18N4O3S/c1-11-7-12(2)9-14(8-11)18-22-23-19(26-18)27-10-16(24)21-15-5-3-13(4-6-15)17(20)25/h3-9H,10H2,1-2H3,(H2,20,25)(H,21,24). The van der Waals surface area contributed by atoms with Crippen molar-refractivity contribution in [1.82, 2.24) is 10.2 Å². The summed E-state index contributed by atoms with van der Waals surface area (Å²) in [4.78, 5) is 23.1. The van der Waals surface area contributed by atoms with Crippen molar-refractivity contribution >= 4 is 29.3 Å². The molecule has 0 aliphatic heterocycles. The van der Waals surface area contributed by atoms with Gasteiger partial charge in [-0.3, -0.25) is 9.59 Å². The summed E-state index contributed by atoms with van der Waals surface area (Å²) in [5, 5.41) is 11.1. The maximum Gasteiger partial charge on any atom is 0.277 e. The highest BCUT2D eigenvalue weighted by atomic mass is 32.2. The summed E-state index contributed by atoms with van der Waals surface area (Å²) in [7, 11) is 0. The molecule has 0 bridgehead atoms. The Morgan fingerprint density at radius 1 is 1.07 bits per heavy atom. The molecular formula is C19H18N4O3S. The third-order valence-corrected chi connectivity index (χ3v) is 4.47. The normalized spacial score (nSPS) is 10.6. The lowest BCUT2D eigenvalue weighted by molar-refractivity contribution is -0.113. The van der Waals surface area contributed by atoms with Crippen molar-refractivity contribution in [2.24, 2.45) is 5.73 Å². The number of aryl methyl sites for hydroxylation is 2. The number of nitrogens with zero attached hydrogens (tertiary/aromatic N) is 2. The number of primary amides is 1. The Kier molecular flexibility index (Phi) is 5.56. The number of carbonyl (C=O) groups is 2. The minimum atomic E-state index is -0.514. The second-order valence-electron chi connectivity index (χ2n) is 6.03. The number of hydrogen-bond acceptors (Lipinski definition) is 6. The number of anilines is 1. The van der Waals surface area contributed by atoms with Gasteiger partial charge >= 0.3 is 0 Å². The van der Waals surface area contributed by atoms with Gasteiger partial charge in [0.05, 0.1) is 5.75 Å². The van der Waals surface area contributed by atoms with E-state index in [2.05, 4.69) is 21.6 Å². The topological polar surface area (TPSA) is 111 Å². The van der Waals surface area contributed by atoms with Gasteiger partial charge in [-0.15, -0.1) is 10.2 Å². The Hall–Kier alpha value is -3.13. The van der Waals surface area contributed by atoms with Crippen LogP contribution in [-0.2, 0) is 4.79 Å². The molecule has 138 valence electrons. The van der Waals surface area contributed by atoms with E-state index in [9.17, 15) is 9.59 Å². The summed E-state index contributed by atoms with van der Waals surface area (Å²) in [6.07, 6.45) is 0. The molecule has 27 heavy (non-hydrogen) atoms. The van der Waals surface area contributed by atoms with E-state index in [1.807, 2.05) is 26.0 Å². The molecule has 0 spiro atoms. The van der Waals surface area contributed by atoms with Crippen LogP contribution in [0.25, 0.3) is 11.5 Å². The van der Waals surface area contributed by atoms with Gasteiger partial charge < -0.3 is 15.5 Å². The molecular weight excluding hydrogens is 364 g/mol. The summed E-state index contributed by atoms with van der Waals surface area (Å²) in [5.74, 6) is -0.198. The maximum absolute atomic E-state index is 12.1. The van der Waals surface area contributed by atoms with Gasteiger partial charge in [-0.1, -0.05) is 29.0 Å². The predicted molar refractivity (Wildman–Crippen MR) is 104 cm³/mol. The Morgan fingerprint density at radius 2 is 1.74 bits per heavy atom. The molecule has 2 aromatic carbocycles. The number of carbonyl (C=O) groups excluding carboxylic acids is 2. The van der Waals surface area contributed by atoms with Crippen LogP contribution < -0.4 is 11.1 Å². The smallest absolute Gasteiger partial charge is 0.277 e. The molecule has 0 radical (unpaired) electrons. The predicted octanol–water partition coefficient (Wildman–Crippen LogP) is 3.18. The zero-order valence-corrected chi connectivity index (χ0v) is 15.7. The average Bonchev–Trinajstić information content (AvgIpc) is 3.09. The van der Waals surface area contributed by atoms with Crippen molar-refractivity contribution in [3.8, 4) is 11.5 Å². The molecule has 0 fully saturated rings. The second kappa shape index (κ2) is 8.05. The molecule has 7 nitrogen and oxygen atoms in total. The highest BCUT2D eigenvalue weighted by Gasteiger charge is 2.12. The fraction of sp³-hybridized carbons (Fsp3) is 0.158. The summed E-state index contributed by atoms with van der Waals surface area (Å²) in [5.41, 5.74) is 9.22. The lowest BCUT2D eigenvalue weighted by Crippen LogP contribution is -2.15. The Labute approximate surface area is 160 Å². The third kappa shape index (κ3) is 4.95. The van der Waals surface area contributed by atoms with Crippen LogP contribution in [-0.4, -0.2) is 27.8 Å². The van der Waals surface area contributed by atoms with Gasteiger partial charge in [-0.25, -0.2) is 0 Å². The lowest BCUT2D eigenvalue weighted by atomic mass is 10.1. The van der Waals surface area contributed by atoms with E-state index in [4.69, 9.17) is 10.2 Å². The number of nitrogens with two attached hydrogens (primary N) is 1. The van der Waals surface area contributed by atoms with Crippen LogP contribution in [0.15, 0.2) is 52.1 Å². The molecule has 3 aromatic rings. The van der Waals surface area contributed by atoms with Crippen LogP contribution in [0.3, 0.4) is 0 Å². The fourth-order valence-corrected chi connectivity index (χ4v) is 3.09. The molecule has 0 saturated carbocycles. The number of nitrogens with one attached hydrogen (secondary N) is 1. The van der Waals surface area contributed by atoms with Gasteiger partial charge in [0.15, 0.2) is 0 Å². The van der Waals surface area contributed by atoms with E-state index in [0.29, 0.717) is 22.4 Å². The number of amides is 2. The van der Waals surface area contributed by atoms with E-state index in [1.54, 1.807) is 24.3 Å². The summed E-state index contributed by atoms with van der Waals surface area (Å²) in [6.45, 7) is 4.01. The first-order valence-electron chi connectivity index (χ1n) is 8.15. The number of thioether (sulfide) groups is 1. The van der Waals surface area contributed by atoms with E-state index in [1.165, 1.54) is 0 Å². The molecule has 8 heteroatoms. The van der Waals surface area contributed by atoms with Crippen LogP contribution in [0.2, 0.25) is 0 Å². The number of hydrogen-bond donors (Lipinski definition) is 2. The minimum Gasteiger partial charge on any atom is -0.411 e. The molecule has 0 unspecified atom stereocenters. The average molecular weight is 382 g/mol. The highest BCUT2D eigenvalue weighted by Crippen LogP contribution is 2.25. The SMILES string of the molecule is Cc1cc(C)cc(-c2nnc(SCC(=O)Nc3ccc(C(N)=O)cc3)o2)c1. The zero-order valence-electron chi connectivity index (χ0n) is 14.9. The molecule has 1 heterocycles. The monoisotopic (exact) mass is 382 g/mol. The van der Waals surface area contributed by atoms with Gasteiger partial charge in [-0.2, -0.15) is 0 Å². The summed E-state index contributed by atoms with van der Waals surface area (Å²) in [6, 6.07) is 12.4. The molecule has 1 aromatic heterocycles. The minimum absolute atomic E-state index is 0.117. The van der Waals surface area contributed by atoms with Gasteiger partial charge in [0, 0.05) is 16.8 Å². The van der Waals surface area contributed by atoms with Gasteiger partial charge in [0.2, 0.25) is 17.7 Å². The van der Waals surface area contributed by atoms with Crippen LogP contribution in [0.5, 0.6) is 0 Å². The molecule has 0 atom stereocenters. The van der Waals surface area contributed by atoms with Gasteiger partial charge in [-0.05, 0) is 50.2 Å². The second-order valence-corrected chi connectivity index (χ2v) is 6.95. The van der Waals surface area contributed by atoms with Crippen LogP contribution in [0.4, 0.5) is 5.69 Å². The van der Waals surface area contributed by atoms with E-state index in [-0.39, 0.29) is 11.7 Å². The van der Waals surface area contributed by atoms with Crippen molar-refractivity contribution in [3.05, 3.63) is 59.2 Å². The fourth-order valence-electron chi connectivity index (χ4n) is 2.53. The zero-order chi connectivity index (χ0) is 19.4. The third-order valence-electron chi connectivity index (χ3n) is 3.66. The van der Waals surface area contributed by atoms with E-state index < -0.39 is 5.91 Å². The van der Waals surface area contributed by atoms with E-state index in [0.717, 1.165) is 28.5 Å². The largest absolute Gasteiger partial charge is 0.411 e. The van der Waals surface area contributed by atoms with Crippen LogP contribution in [0, 0.1) is 13.8 Å². The summed E-state index contributed by atoms with van der Waals surface area (Å²) < 4.78 is 5.63. The first-order chi connectivity index (χ1) is 12.9. The molecule has 3 rings (SSSR count).